The van der Waals surface area contributed by atoms with Gasteiger partial charge in [0.2, 0.25) is 0 Å². The van der Waals surface area contributed by atoms with Crippen LogP contribution in [-0.2, 0) is 20.9 Å². The van der Waals surface area contributed by atoms with Crippen LogP contribution in [0.25, 0.3) is 0 Å². The number of ether oxygens (including phenoxy) is 2. The molecule has 0 bridgehead atoms. The van der Waals surface area contributed by atoms with Gasteiger partial charge in [0.1, 0.15) is 12.6 Å². The third-order valence-electron chi connectivity index (χ3n) is 2.28. The topological polar surface area (TPSA) is 64.6 Å². The first-order chi connectivity index (χ1) is 9.78. The quantitative estimate of drug-likeness (QED) is 0.848. The van der Waals surface area contributed by atoms with Crippen molar-refractivity contribution in [2.24, 2.45) is 0 Å². The molecule has 21 heavy (non-hydrogen) atoms. The predicted molar refractivity (Wildman–Crippen MR) is 66.2 cm³/mol. The van der Waals surface area contributed by atoms with Gasteiger partial charge in [0.25, 0.3) is 0 Å². The van der Waals surface area contributed by atoms with Crippen molar-refractivity contribution in [2.45, 2.75) is 25.7 Å². The van der Waals surface area contributed by atoms with E-state index in [-0.39, 0.29) is 6.61 Å². The van der Waals surface area contributed by atoms with Crippen LogP contribution in [0.3, 0.4) is 0 Å². The maximum atomic E-state index is 11.9. The van der Waals surface area contributed by atoms with Crippen LogP contribution < -0.4 is 5.32 Å². The van der Waals surface area contributed by atoms with Gasteiger partial charge in [-0.25, -0.2) is 9.59 Å². The lowest BCUT2D eigenvalue weighted by molar-refractivity contribution is -0.187. The summed E-state index contributed by atoms with van der Waals surface area (Å²) in [5.74, 6) is -1.19. The van der Waals surface area contributed by atoms with Gasteiger partial charge in [-0.3, -0.25) is 0 Å². The zero-order valence-electron chi connectivity index (χ0n) is 11.1. The SMILES string of the molecule is C[C@H](NC(=O)OCc1ccccc1)C(=O)OCC(F)(F)F. The van der Waals surface area contributed by atoms with Crippen LogP contribution in [0.4, 0.5) is 18.0 Å². The molecule has 0 saturated heterocycles. The van der Waals surface area contributed by atoms with E-state index in [2.05, 4.69) is 10.1 Å². The highest BCUT2D eigenvalue weighted by atomic mass is 19.4. The smallest absolute Gasteiger partial charge is 0.422 e. The molecule has 5 nitrogen and oxygen atoms in total. The fourth-order valence-electron chi connectivity index (χ4n) is 1.28. The molecule has 0 radical (unpaired) electrons. The third-order valence-corrected chi connectivity index (χ3v) is 2.28. The Kier molecular flexibility index (Phi) is 6.01. The van der Waals surface area contributed by atoms with E-state index >= 15 is 0 Å². The average Bonchev–Trinajstić information content (AvgIpc) is 2.42. The molecule has 0 aliphatic heterocycles. The molecule has 1 aromatic rings. The van der Waals surface area contributed by atoms with Crippen molar-refractivity contribution in [1.29, 1.82) is 0 Å². The Morgan fingerprint density at radius 2 is 1.81 bits per heavy atom. The van der Waals surface area contributed by atoms with Gasteiger partial charge in [-0.05, 0) is 12.5 Å². The van der Waals surface area contributed by atoms with Crippen molar-refractivity contribution in [3.05, 3.63) is 35.9 Å². The number of rotatable bonds is 5. The Morgan fingerprint density at radius 3 is 2.38 bits per heavy atom. The number of amides is 1. The molecule has 8 heteroatoms. The maximum Gasteiger partial charge on any atom is 0.422 e. The lowest BCUT2D eigenvalue weighted by atomic mass is 10.2. The van der Waals surface area contributed by atoms with Crippen LogP contribution in [0, 0.1) is 0 Å². The number of halogens is 3. The fourth-order valence-corrected chi connectivity index (χ4v) is 1.28. The summed E-state index contributed by atoms with van der Waals surface area (Å²) >= 11 is 0. The van der Waals surface area contributed by atoms with Crippen molar-refractivity contribution >= 4 is 12.1 Å². The number of benzene rings is 1. The number of carbonyl (C=O) groups excluding carboxylic acids is 2. The Bertz CT molecular complexity index is 476. The highest BCUT2D eigenvalue weighted by molar-refractivity contribution is 5.80. The minimum absolute atomic E-state index is 0.0169. The van der Waals surface area contributed by atoms with Gasteiger partial charge in [-0.15, -0.1) is 0 Å². The molecule has 0 aliphatic rings. The van der Waals surface area contributed by atoms with E-state index in [0.717, 1.165) is 5.56 Å². The van der Waals surface area contributed by atoms with Crippen molar-refractivity contribution in [2.75, 3.05) is 6.61 Å². The molecule has 1 aromatic carbocycles. The summed E-state index contributed by atoms with van der Waals surface area (Å²) in [7, 11) is 0. The number of carbonyl (C=O) groups is 2. The maximum absolute atomic E-state index is 11.9. The van der Waals surface area contributed by atoms with Crippen molar-refractivity contribution in [3.8, 4) is 0 Å². The standard InChI is InChI=1S/C13H14F3NO4/c1-9(11(18)21-8-13(14,15)16)17-12(19)20-7-10-5-3-2-4-6-10/h2-6,9H,7-8H2,1H3,(H,17,19)/t9-/m0/s1. The van der Waals surface area contributed by atoms with Crippen LogP contribution in [0.15, 0.2) is 30.3 Å². The zero-order valence-corrected chi connectivity index (χ0v) is 11.1. The molecule has 0 spiro atoms. The molecule has 0 aromatic heterocycles. The van der Waals surface area contributed by atoms with E-state index < -0.39 is 30.9 Å². The summed E-state index contributed by atoms with van der Waals surface area (Å²) in [6.45, 7) is -0.517. The second-order valence-electron chi connectivity index (χ2n) is 4.15. The van der Waals surface area contributed by atoms with Crippen LogP contribution >= 0.6 is 0 Å². The van der Waals surface area contributed by atoms with Crippen LogP contribution in [0.5, 0.6) is 0 Å². The molecule has 1 rings (SSSR count). The number of nitrogens with one attached hydrogen (secondary N) is 1. The van der Waals surface area contributed by atoms with Gasteiger partial charge < -0.3 is 14.8 Å². The Morgan fingerprint density at radius 1 is 1.19 bits per heavy atom. The summed E-state index contributed by atoms with van der Waals surface area (Å²) in [4.78, 5) is 22.6. The van der Waals surface area contributed by atoms with E-state index in [1.165, 1.54) is 6.92 Å². The molecule has 0 unspecified atom stereocenters. The van der Waals surface area contributed by atoms with Crippen LogP contribution in [0.2, 0.25) is 0 Å². The Labute approximate surface area is 119 Å². The van der Waals surface area contributed by atoms with E-state index in [9.17, 15) is 22.8 Å². The van der Waals surface area contributed by atoms with Crippen molar-refractivity contribution < 1.29 is 32.2 Å². The summed E-state index contributed by atoms with van der Waals surface area (Å²) in [5, 5.41) is 2.08. The van der Waals surface area contributed by atoms with Gasteiger partial charge in [0, 0.05) is 0 Å². The summed E-state index contributed by atoms with van der Waals surface area (Å²) < 4.78 is 44.4. The van der Waals surface area contributed by atoms with Gasteiger partial charge in [-0.2, -0.15) is 13.2 Å². The predicted octanol–water partition coefficient (Wildman–Crippen LogP) is 2.41. The van der Waals surface area contributed by atoms with Gasteiger partial charge in [-0.1, -0.05) is 30.3 Å². The van der Waals surface area contributed by atoms with Gasteiger partial charge in [0.15, 0.2) is 6.61 Å². The molecule has 1 N–H and O–H groups in total. The second-order valence-corrected chi connectivity index (χ2v) is 4.15. The fraction of sp³-hybridized carbons (Fsp3) is 0.385. The van der Waals surface area contributed by atoms with Gasteiger partial charge >= 0.3 is 18.2 Å². The summed E-state index contributed by atoms with van der Waals surface area (Å²) in [5.41, 5.74) is 0.736. The van der Waals surface area contributed by atoms with E-state index in [1.54, 1.807) is 30.3 Å². The van der Waals surface area contributed by atoms with Gasteiger partial charge in [0.05, 0.1) is 0 Å². The highest BCUT2D eigenvalue weighted by Gasteiger charge is 2.31. The average molecular weight is 305 g/mol. The second kappa shape index (κ2) is 7.51. The first kappa shape index (κ1) is 16.8. The van der Waals surface area contributed by atoms with Crippen molar-refractivity contribution in [1.82, 2.24) is 5.32 Å². The molecule has 1 atom stereocenters. The minimum atomic E-state index is -4.61. The number of hydrogen-bond acceptors (Lipinski definition) is 4. The lowest BCUT2D eigenvalue weighted by Crippen LogP contribution is -2.40. The highest BCUT2D eigenvalue weighted by Crippen LogP contribution is 2.14. The summed E-state index contributed by atoms with van der Waals surface area (Å²) in [6.07, 6.45) is -5.53. The number of alkyl carbamates (subject to hydrolysis) is 1. The molecule has 0 saturated carbocycles. The molecular formula is C13H14F3NO4. The molecule has 0 fully saturated rings. The first-order valence-electron chi connectivity index (χ1n) is 5.98. The molecule has 0 heterocycles. The molecule has 0 aliphatic carbocycles. The number of esters is 1. The first-order valence-corrected chi connectivity index (χ1v) is 5.98. The Hall–Kier alpha value is -2.25. The minimum Gasteiger partial charge on any atom is -0.455 e. The molecule has 116 valence electrons. The summed E-state index contributed by atoms with van der Waals surface area (Å²) in [6, 6.07) is 7.53. The Balaban J connectivity index is 2.31. The zero-order chi connectivity index (χ0) is 15.9. The van der Waals surface area contributed by atoms with E-state index in [1.807, 2.05) is 0 Å². The van der Waals surface area contributed by atoms with Crippen LogP contribution in [-0.4, -0.2) is 30.9 Å². The number of hydrogen-bond donors (Lipinski definition) is 1. The monoisotopic (exact) mass is 305 g/mol. The largest absolute Gasteiger partial charge is 0.455 e. The van der Waals surface area contributed by atoms with E-state index in [0.29, 0.717) is 0 Å². The van der Waals surface area contributed by atoms with E-state index in [4.69, 9.17) is 4.74 Å². The lowest BCUT2D eigenvalue weighted by Gasteiger charge is -2.14. The molecular weight excluding hydrogens is 291 g/mol. The van der Waals surface area contributed by atoms with Crippen LogP contribution in [0.1, 0.15) is 12.5 Å². The third kappa shape index (κ3) is 7.19. The molecule has 1 amide bonds. The van der Waals surface area contributed by atoms with Crippen molar-refractivity contribution in [3.63, 3.8) is 0 Å². The normalized spacial score (nSPS) is 12.4. The number of alkyl halides is 3.